The van der Waals surface area contributed by atoms with E-state index in [1.165, 1.54) is 24.9 Å². The molecule has 1 aliphatic rings. The highest BCUT2D eigenvalue weighted by atomic mass is 15.2. The van der Waals surface area contributed by atoms with Crippen molar-refractivity contribution in [3.05, 3.63) is 53.5 Å². The van der Waals surface area contributed by atoms with E-state index in [1.54, 1.807) is 0 Å². The Kier molecular flexibility index (Phi) is 5.46. The van der Waals surface area contributed by atoms with E-state index in [1.807, 2.05) is 6.92 Å². The lowest BCUT2D eigenvalue weighted by Crippen LogP contribution is -2.41. The van der Waals surface area contributed by atoms with E-state index in [2.05, 4.69) is 65.4 Å². The molecule has 0 radical (unpaired) electrons. The van der Waals surface area contributed by atoms with Crippen molar-refractivity contribution in [1.82, 2.24) is 14.9 Å². The summed E-state index contributed by atoms with van der Waals surface area (Å²) in [6, 6.07) is 13.2. The quantitative estimate of drug-likeness (QED) is 0.903. The van der Waals surface area contributed by atoms with Gasteiger partial charge in [-0.3, -0.25) is 4.90 Å². The van der Waals surface area contributed by atoms with Crippen LogP contribution in [0.3, 0.4) is 0 Å². The summed E-state index contributed by atoms with van der Waals surface area (Å²) in [5.41, 5.74) is 2.42. The van der Waals surface area contributed by atoms with E-state index in [0.29, 0.717) is 12.0 Å². The molecule has 4 nitrogen and oxygen atoms in total. The molecule has 4 heteroatoms. The number of nitrogens with zero attached hydrogens (tertiary/aromatic N) is 3. The van der Waals surface area contributed by atoms with Crippen molar-refractivity contribution < 1.29 is 0 Å². The van der Waals surface area contributed by atoms with Crippen LogP contribution in [-0.4, -0.2) is 34.0 Å². The van der Waals surface area contributed by atoms with Gasteiger partial charge in [0, 0.05) is 36.8 Å². The Morgan fingerprint density at radius 2 is 2.00 bits per heavy atom. The normalized spacial score (nSPS) is 18.8. The van der Waals surface area contributed by atoms with E-state index in [4.69, 9.17) is 4.98 Å². The summed E-state index contributed by atoms with van der Waals surface area (Å²) >= 11 is 0. The highest BCUT2D eigenvalue weighted by Gasteiger charge is 2.20. The third-order valence-electron chi connectivity index (χ3n) is 4.49. The molecule has 0 amide bonds. The molecule has 0 bridgehead atoms. The maximum Gasteiger partial charge on any atom is 0.133 e. The largest absolute Gasteiger partial charge is 0.366 e. The summed E-state index contributed by atoms with van der Waals surface area (Å²) in [6.07, 6.45) is 2.43. The third-order valence-corrected chi connectivity index (χ3v) is 4.49. The van der Waals surface area contributed by atoms with Crippen molar-refractivity contribution in [3.63, 3.8) is 0 Å². The van der Waals surface area contributed by atoms with Crippen LogP contribution in [0.2, 0.25) is 0 Å². The van der Waals surface area contributed by atoms with Gasteiger partial charge >= 0.3 is 0 Å². The van der Waals surface area contributed by atoms with Crippen molar-refractivity contribution in [3.8, 4) is 0 Å². The molecule has 128 valence electrons. The average molecular weight is 324 g/mol. The number of likely N-dealkylation sites (tertiary alicyclic amines) is 1. The van der Waals surface area contributed by atoms with Crippen molar-refractivity contribution >= 4 is 5.82 Å². The predicted molar refractivity (Wildman–Crippen MR) is 99.2 cm³/mol. The third kappa shape index (κ3) is 4.54. The second-order valence-electron chi connectivity index (χ2n) is 7.11. The maximum absolute atomic E-state index is 4.70. The highest BCUT2D eigenvalue weighted by Crippen LogP contribution is 2.19. The molecule has 1 aromatic heterocycles. The molecule has 0 aliphatic carbocycles. The van der Waals surface area contributed by atoms with Crippen molar-refractivity contribution in [2.24, 2.45) is 0 Å². The highest BCUT2D eigenvalue weighted by molar-refractivity contribution is 5.37. The molecule has 1 aliphatic heterocycles. The molecule has 1 unspecified atom stereocenters. The van der Waals surface area contributed by atoms with Crippen LogP contribution in [0.25, 0.3) is 0 Å². The van der Waals surface area contributed by atoms with Gasteiger partial charge in [0.15, 0.2) is 0 Å². The summed E-state index contributed by atoms with van der Waals surface area (Å²) in [5, 5.41) is 3.64. The van der Waals surface area contributed by atoms with Gasteiger partial charge in [0.2, 0.25) is 0 Å². The number of piperidine rings is 1. The molecule has 0 saturated carbocycles. The predicted octanol–water partition coefficient (Wildman–Crippen LogP) is 3.98. The number of hydrogen-bond donors (Lipinski definition) is 1. The number of rotatable bonds is 5. The lowest BCUT2D eigenvalue weighted by Gasteiger charge is -2.33. The van der Waals surface area contributed by atoms with Gasteiger partial charge in [0.25, 0.3) is 0 Å². The summed E-state index contributed by atoms with van der Waals surface area (Å²) in [4.78, 5) is 11.8. The number of nitrogens with one attached hydrogen (secondary N) is 1. The Morgan fingerprint density at radius 1 is 1.21 bits per heavy atom. The molecule has 3 rings (SSSR count). The maximum atomic E-state index is 4.70. The zero-order valence-electron chi connectivity index (χ0n) is 15.0. The van der Waals surface area contributed by atoms with Crippen molar-refractivity contribution in [2.45, 2.75) is 52.1 Å². The minimum Gasteiger partial charge on any atom is -0.366 e. The Bertz CT molecular complexity index is 654. The minimum atomic E-state index is 0.353. The summed E-state index contributed by atoms with van der Waals surface area (Å²) < 4.78 is 0. The van der Waals surface area contributed by atoms with E-state index in [0.717, 1.165) is 30.4 Å². The molecule has 1 atom stereocenters. The zero-order chi connectivity index (χ0) is 16.9. The van der Waals surface area contributed by atoms with Crippen LogP contribution in [0.15, 0.2) is 36.4 Å². The van der Waals surface area contributed by atoms with E-state index in [9.17, 15) is 0 Å². The monoisotopic (exact) mass is 324 g/mol. The van der Waals surface area contributed by atoms with E-state index >= 15 is 0 Å². The number of aromatic nitrogens is 2. The molecule has 1 N–H and O–H groups in total. The van der Waals surface area contributed by atoms with Crippen molar-refractivity contribution in [2.75, 3.05) is 18.4 Å². The van der Waals surface area contributed by atoms with Crippen LogP contribution >= 0.6 is 0 Å². The van der Waals surface area contributed by atoms with Crippen LogP contribution in [0, 0.1) is 6.92 Å². The van der Waals surface area contributed by atoms with E-state index in [-0.39, 0.29) is 0 Å². The van der Waals surface area contributed by atoms with E-state index < -0.39 is 0 Å². The topological polar surface area (TPSA) is 41.0 Å². The Morgan fingerprint density at radius 3 is 2.75 bits per heavy atom. The zero-order valence-corrected chi connectivity index (χ0v) is 15.0. The fraction of sp³-hybridized carbons (Fsp3) is 0.500. The van der Waals surface area contributed by atoms with Gasteiger partial charge in [0.1, 0.15) is 11.6 Å². The summed E-state index contributed by atoms with van der Waals surface area (Å²) in [7, 11) is 0. The second kappa shape index (κ2) is 7.75. The lowest BCUT2D eigenvalue weighted by atomic mass is 10.0. The fourth-order valence-electron chi connectivity index (χ4n) is 3.29. The number of aryl methyl sites for hydroxylation is 1. The SMILES string of the molecule is Cc1cc(NC2CCCN(Cc3ccccc3)C2)nc(C(C)C)n1. The van der Waals surface area contributed by atoms with Gasteiger partial charge in [0.05, 0.1) is 0 Å². The minimum absolute atomic E-state index is 0.353. The molecular weight excluding hydrogens is 296 g/mol. The van der Waals surface area contributed by atoms with Crippen LogP contribution < -0.4 is 5.32 Å². The smallest absolute Gasteiger partial charge is 0.133 e. The molecule has 1 fully saturated rings. The Hall–Kier alpha value is -1.94. The molecule has 2 aromatic rings. The fourth-order valence-corrected chi connectivity index (χ4v) is 3.29. The Labute approximate surface area is 145 Å². The Balaban J connectivity index is 1.63. The van der Waals surface area contributed by atoms with Crippen LogP contribution in [0.1, 0.15) is 49.7 Å². The summed E-state index contributed by atoms with van der Waals surface area (Å²) in [6.45, 7) is 9.59. The first-order chi connectivity index (χ1) is 11.6. The van der Waals surface area contributed by atoms with Crippen LogP contribution in [-0.2, 0) is 6.54 Å². The van der Waals surface area contributed by atoms with Gasteiger partial charge < -0.3 is 5.32 Å². The first-order valence-electron chi connectivity index (χ1n) is 8.98. The standard InChI is InChI=1S/C20H28N4/c1-15(2)20-21-16(3)12-19(23-20)22-18-10-7-11-24(14-18)13-17-8-5-4-6-9-17/h4-6,8-9,12,15,18H,7,10-11,13-14H2,1-3H3,(H,21,22,23). The van der Waals surface area contributed by atoms with Crippen LogP contribution in [0.5, 0.6) is 0 Å². The number of hydrogen-bond acceptors (Lipinski definition) is 4. The molecule has 0 spiro atoms. The first kappa shape index (κ1) is 16.9. The molecule has 1 aromatic carbocycles. The van der Waals surface area contributed by atoms with Gasteiger partial charge in [-0.15, -0.1) is 0 Å². The number of benzene rings is 1. The molecule has 24 heavy (non-hydrogen) atoms. The van der Waals surface area contributed by atoms with Gasteiger partial charge in [-0.25, -0.2) is 9.97 Å². The second-order valence-corrected chi connectivity index (χ2v) is 7.11. The molecule has 2 heterocycles. The summed E-state index contributed by atoms with van der Waals surface area (Å²) in [5.74, 6) is 2.25. The van der Waals surface area contributed by atoms with Crippen molar-refractivity contribution in [1.29, 1.82) is 0 Å². The van der Waals surface area contributed by atoms with Gasteiger partial charge in [-0.05, 0) is 31.9 Å². The molecule has 1 saturated heterocycles. The first-order valence-corrected chi connectivity index (χ1v) is 8.98. The molecular formula is C20H28N4. The van der Waals surface area contributed by atoms with Gasteiger partial charge in [-0.1, -0.05) is 44.2 Å². The van der Waals surface area contributed by atoms with Crippen LogP contribution in [0.4, 0.5) is 5.82 Å². The van der Waals surface area contributed by atoms with Gasteiger partial charge in [-0.2, -0.15) is 0 Å². The lowest BCUT2D eigenvalue weighted by molar-refractivity contribution is 0.208. The average Bonchev–Trinajstić information content (AvgIpc) is 2.55. The number of anilines is 1.